The highest BCUT2D eigenvalue weighted by atomic mass is 32.1. The van der Waals surface area contributed by atoms with Crippen LogP contribution in [0.3, 0.4) is 0 Å². The van der Waals surface area contributed by atoms with Crippen molar-refractivity contribution in [1.29, 1.82) is 5.26 Å². The van der Waals surface area contributed by atoms with Crippen molar-refractivity contribution in [2.24, 2.45) is 5.92 Å². The van der Waals surface area contributed by atoms with Crippen LogP contribution < -0.4 is 9.47 Å². The number of nitriles is 1. The fraction of sp³-hybridized carbons (Fsp3) is 0.353. The van der Waals surface area contributed by atoms with Crippen LogP contribution in [-0.2, 0) is 0 Å². The molecule has 3 rings (SSSR count). The van der Waals surface area contributed by atoms with E-state index in [1.54, 1.807) is 17.2 Å². The van der Waals surface area contributed by atoms with E-state index in [1.807, 2.05) is 25.1 Å². The van der Waals surface area contributed by atoms with Crippen molar-refractivity contribution in [2.45, 2.75) is 13.8 Å². The number of nitrogens with zero attached hydrogens (tertiary/aromatic N) is 3. The zero-order valence-corrected chi connectivity index (χ0v) is 14.3. The van der Waals surface area contributed by atoms with Gasteiger partial charge >= 0.3 is 0 Å². The zero-order chi connectivity index (χ0) is 17.1. The van der Waals surface area contributed by atoms with Gasteiger partial charge in [0, 0.05) is 24.0 Å². The molecule has 1 aliphatic rings. The lowest BCUT2D eigenvalue weighted by molar-refractivity contribution is 0.0747. The van der Waals surface area contributed by atoms with Gasteiger partial charge in [-0.15, -0.1) is 11.3 Å². The van der Waals surface area contributed by atoms with Crippen molar-refractivity contribution >= 4 is 17.2 Å². The molecule has 0 N–H and O–H groups in total. The predicted molar refractivity (Wildman–Crippen MR) is 90.0 cm³/mol. The number of rotatable bonds is 5. The lowest BCUT2D eigenvalue weighted by Gasteiger charge is -2.20. The summed E-state index contributed by atoms with van der Waals surface area (Å²) in [6, 6.07) is 7.76. The van der Waals surface area contributed by atoms with Crippen LogP contribution in [0.5, 0.6) is 11.5 Å². The summed E-state index contributed by atoms with van der Waals surface area (Å²) < 4.78 is 10.7. The third-order valence-electron chi connectivity index (χ3n) is 3.73. The lowest BCUT2D eigenvalue weighted by Crippen LogP contribution is -2.34. The maximum atomic E-state index is 12.6. The van der Waals surface area contributed by atoms with Crippen molar-refractivity contribution in [1.82, 2.24) is 9.88 Å². The average Bonchev–Trinajstić information content (AvgIpc) is 3.26. The van der Waals surface area contributed by atoms with Gasteiger partial charge < -0.3 is 14.4 Å². The van der Waals surface area contributed by atoms with Crippen LogP contribution in [0.4, 0.5) is 0 Å². The van der Waals surface area contributed by atoms with Crippen LogP contribution in [0.1, 0.15) is 24.3 Å². The van der Waals surface area contributed by atoms with Crippen molar-refractivity contribution < 1.29 is 14.3 Å². The van der Waals surface area contributed by atoms with Crippen molar-refractivity contribution in [3.63, 3.8) is 0 Å². The second-order valence-electron chi connectivity index (χ2n) is 5.48. The highest BCUT2D eigenvalue weighted by Crippen LogP contribution is 2.36. The quantitative estimate of drug-likeness (QED) is 0.833. The zero-order valence-electron chi connectivity index (χ0n) is 13.5. The molecule has 0 aliphatic carbocycles. The van der Waals surface area contributed by atoms with E-state index in [9.17, 15) is 4.79 Å². The molecule has 0 radical (unpaired) electrons. The van der Waals surface area contributed by atoms with Gasteiger partial charge in [0.05, 0.1) is 12.0 Å². The Hall–Kier alpha value is -2.59. The van der Waals surface area contributed by atoms with Gasteiger partial charge in [0.2, 0.25) is 6.79 Å². The van der Waals surface area contributed by atoms with Gasteiger partial charge in [-0.2, -0.15) is 5.26 Å². The largest absolute Gasteiger partial charge is 0.454 e. The van der Waals surface area contributed by atoms with Crippen LogP contribution in [-0.4, -0.2) is 35.7 Å². The first-order valence-corrected chi connectivity index (χ1v) is 8.54. The number of hydrogen-bond donors (Lipinski definition) is 0. The third-order valence-corrected chi connectivity index (χ3v) is 4.62. The Morgan fingerprint density at radius 2 is 2.25 bits per heavy atom. The molecule has 1 atom stereocenters. The summed E-state index contributed by atoms with van der Waals surface area (Å²) in [7, 11) is 0. The Bertz CT molecular complexity index is 797. The van der Waals surface area contributed by atoms with E-state index < -0.39 is 0 Å². The Labute approximate surface area is 144 Å². The molecule has 124 valence electrons. The molecule has 7 heteroatoms. The molecule has 24 heavy (non-hydrogen) atoms. The Balaban J connectivity index is 1.80. The van der Waals surface area contributed by atoms with Gasteiger partial charge in [0.15, 0.2) is 11.5 Å². The molecule has 1 amide bonds. The third kappa shape index (κ3) is 3.19. The number of amides is 1. The van der Waals surface area contributed by atoms with E-state index in [0.717, 1.165) is 10.6 Å². The Morgan fingerprint density at radius 3 is 3.00 bits per heavy atom. The molecule has 0 bridgehead atoms. The van der Waals surface area contributed by atoms with Crippen molar-refractivity contribution in [3.05, 3.63) is 29.3 Å². The van der Waals surface area contributed by atoms with E-state index in [1.165, 1.54) is 11.3 Å². The molecular formula is C17H17N3O3S. The Morgan fingerprint density at radius 1 is 1.46 bits per heavy atom. The van der Waals surface area contributed by atoms with Gasteiger partial charge in [-0.3, -0.25) is 4.79 Å². The maximum absolute atomic E-state index is 12.6. The molecule has 6 nitrogen and oxygen atoms in total. The number of carbonyl (C=O) groups excluding carboxylic acids is 1. The number of carbonyl (C=O) groups is 1. The predicted octanol–water partition coefficient (Wildman–Crippen LogP) is 3.16. The normalized spacial score (nSPS) is 13.4. The van der Waals surface area contributed by atoms with E-state index in [2.05, 4.69) is 11.1 Å². The van der Waals surface area contributed by atoms with E-state index in [-0.39, 0.29) is 18.6 Å². The molecule has 1 aromatic carbocycles. The molecule has 0 spiro atoms. The number of fused-ring (bicyclic) bond motifs is 1. The minimum atomic E-state index is -0.208. The van der Waals surface area contributed by atoms with Gasteiger partial charge in [-0.1, -0.05) is 0 Å². The molecule has 0 fully saturated rings. The summed E-state index contributed by atoms with van der Waals surface area (Å²) in [4.78, 5) is 18.7. The highest BCUT2D eigenvalue weighted by Gasteiger charge is 2.21. The van der Waals surface area contributed by atoms with Crippen molar-refractivity contribution in [3.8, 4) is 28.1 Å². The second-order valence-corrected chi connectivity index (χ2v) is 6.34. The minimum absolute atomic E-state index is 0.150. The molecule has 1 aromatic heterocycles. The van der Waals surface area contributed by atoms with Gasteiger partial charge in [0.1, 0.15) is 10.7 Å². The summed E-state index contributed by atoms with van der Waals surface area (Å²) in [5, 5.41) is 11.4. The van der Waals surface area contributed by atoms with Gasteiger partial charge in [0.25, 0.3) is 5.91 Å². The summed E-state index contributed by atoms with van der Waals surface area (Å²) >= 11 is 1.41. The van der Waals surface area contributed by atoms with Crippen LogP contribution in [0.2, 0.25) is 0 Å². The number of ether oxygens (including phenoxy) is 2. The first-order chi connectivity index (χ1) is 11.6. The fourth-order valence-electron chi connectivity index (χ4n) is 2.42. The molecule has 1 unspecified atom stereocenters. The lowest BCUT2D eigenvalue weighted by atomic mass is 10.2. The molecule has 2 heterocycles. The van der Waals surface area contributed by atoms with Crippen molar-refractivity contribution in [2.75, 3.05) is 19.9 Å². The topological polar surface area (TPSA) is 75.5 Å². The average molecular weight is 343 g/mol. The standard InChI is InChI=1S/C17H17N3O3S/c1-3-20(8-11(2)7-18)17(21)13-9-24-16(19-13)12-4-5-14-15(6-12)23-10-22-14/h4-6,9,11H,3,8,10H2,1-2H3. The number of aromatic nitrogens is 1. The fourth-order valence-corrected chi connectivity index (χ4v) is 3.21. The number of benzene rings is 1. The van der Waals surface area contributed by atoms with Crippen LogP contribution in [0, 0.1) is 17.2 Å². The van der Waals surface area contributed by atoms with Crippen LogP contribution in [0.25, 0.3) is 10.6 Å². The molecular weight excluding hydrogens is 326 g/mol. The molecule has 1 aliphatic heterocycles. The molecule has 0 saturated carbocycles. The summed E-state index contributed by atoms with van der Waals surface area (Å²) in [6.07, 6.45) is 0. The highest BCUT2D eigenvalue weighted by molar-refractivity contribution is 7.13. The molecule has 2 aromatic rings. The summed E-state index contributed by atoms with van der Waals surface area (Å²) in [6.45, 7) is 4.87. The SMILES string of the molecule is CCN(CC(C)C#N)C(=O)c1csc(-c2ccc3c(c2)OCO3)n1. The monoisotopic (exact) mass is 343 g/mol. The summed E-state index contributed by atoms with van der Waals surface area (Å²) in [5.41, 5.74) is 1.29. The van der Waals surface area contributed by atoms with E-state index in [4.69, 9.17) is 14.7 Å². The van der Waals surface area contributed by atoms with E-state index >= 15 is 0 Å². The van der Waals surface area contributed by atoms with Gasteiger partial charge in [-0.25, -0.2) is 4.98 Å². The Kier molecular flexibility index (Phi) is 4.67. The first kappa shape index (κ1) is 16.3. The van der Waals surface area contributed by atoms with Crippen LogP contribution in [0.15, 0.2) is 23.6 Å². The summed E-state index contributed by atoms with van der Waals surface area (Å²) in [5.74, 6) is 1.05. The number of thiazole rings is 1. The maximum Gasteiger partial charge on any atom is 0.273 e. The smallest absolute Gasteiger partial charge is 0.273 e. The van der Waals surface area contributed by atoms with Gasteiger partial charge in [-0.05, 0) is 32.0 Å². The van der Waals surface area contributed by atoms with E-state index in [0.29, 0.717) is 30.3 Å². The number of hydrogen-bond acceptors (Lipinski definition) is 6. The van der Waals surface area contributed by atoms with Crippen LogP contribution >= 0.6 is 11.3 Å². The second kappa shape index (κ2) is 6.89. The minimum Gasteiger partial charge on any atom is -0.454 e. The molecule has 0 saturated heterocycles. The first-order valence-electron chi connectivity index (χ1n) is 7.66.